The van der Waals surface area contributed by atoms with Crippen molar-refractivity contribution in [1.82, 2.24) is 9.55 Å². The number of oxazole rings is 1. The molecule has 0 saturated carbocycles. The molecule has 0 unspecified atom stereocenters. The van der Waals surface area contributed by atoms with Crippen molar-refractivity contribution in [3.8, 4) is 39.4 Å². The zero-order chi connectivity index (χ0) is 44.8. The number of aromatic nitrogens is 2. The summed E-state index contributed by atoms with van der Waals surface area (Å²) in [6.45, 7) is 18.6. The molecule has 8 aromatic carbocycles. The van der Waals surface area contributed by atoms with E-state index in [1.807, 2.05) is 29.5 Å². The smallest absolute Gasteiger partial charge is 0.333 e. The third-order valence-electron chi connectivity index (χ3n) is 15.3. The van der Waals surface area contributed by atoms with Gasteiger partial charge in [-0.3, -0.25) is 0 Å². The summed E-state index contributed by atoms with van der Waals surface area (Å²) in [5.74, 6) is 0.634. The first-order chi connectivity index (χ1) is 31.7. The Hall–Kier alpha value is -6.89. The lowest BCUT2D eigenvalue weighted by molar-refractivity contribution is 0.584. The summed E-state index contributed by atoms with van der Waals surface area (Å²) < 4.78 is 11.9. The van der Waals surface area contributed by atoms with Gasteiger partial charge in [0.1, 0.15) is 5.52 Å². The molecule has 66 heavy (non-hydrogen) atoms. The highest BCUT2D eigenvalue weighted by Gasteiger charge is 2.46. The van der Waals surface area contributed by atoms with Crippen molar-refractivity contribution in [3.05, 3.63) is 168 Å². The van der Waals surface area contributed by atoms with Crippen LogP contribution in [0.1, 0.15) is 77.6 Å². The molecule has 0 fully saturated rings. The first-order valence-electron chi connectivity index (χ1n) is 23.4. The van der Waals surface area contributed by atoms with Crippen molar-refractivity contribution in [2.45, 2.75) is 71.6 Å². The lowest BCUT2D eigenvalue weighted by atomic mass is 9.44. The van der Waals surface area contributed by atoms with Gasteiger partial charge in [0.15, 0.2) is 5.58 Å². The van der Waals surface area contributed by atoms with Crippen molar-refractivity contribution in [2.75, 3.05) is 4.81 Å². The monoisotopic (exact) mass is 869 g/mol. The summed E-state index contributed by atoms with van der Waals surface area (Å²) in [5.41, 5.74) is 21.8. The number of anilines is 2. The largest absolute Gasteiger partial charge is 0.436 e. The van der Waals surface area contributed by atoms with Gasteiger partial charge < -0.3 is 13.8 Å². The summed E-state index contributed by atoms with van der Waals surface area (Å²) in [6.07, 6.45) is 0. The van der Waals surface area contributed by atoms with Gasteiger partial charge in [0.05, 0.1) is 11.0 Å². The molecule has 3 aromatic heterocycles. The van der Waals surface area contributed by atoms with Crippen LogP contribution >= 0.6 is 11.3 Å². The van der Waals surface area contributed by atoms with Gasteiger partial charge in [-0.05, 0) is 121 Å². The molecule has 1 aliphatic carbocycles. The average molecular weight is 870 g/mol. The van der Waals surface area contributed by atoms with Crippen LogP contribution in [0.5, 0.6) is 0 Å². The number of hydrogen-bond donors (Lipinski definition) is 0. The first kappa shape index (κ1) is 38.4. The van der Waals surface area contributed by atoms with E-state index in [9.17, 15) is 0 Å². The molecule has 0 bridgehead atoms. The third-order valence-corrected chi connectivity index (χ3v) is 16.4. The molecule has 318 valence electrons. The van der Waals surface area contributed by atoms with Crippen LogP contribution in [0.4, 0.5) is 11.4 Å². The van der Waals surface area contributed by atoms with Crippen LogP contribution in [0.25, 0.3) is 92.5 Å². The number of fused-ring (bicyclic) bond motifs is 15. The second kappa shape index (κ2) is 12.7. The molecular formula is C60H48BN3OS. The van der Waals surface area contributed by atoms with E-state index < -0.39 is 0 Å². The van der Waals surface area contributed by atoms with E-state index >= 15 is 0 Å². The van der Waals surface area contributed by atoms with Crippen LogP contribution in [0.15, 0.2) is 150 Å². The van der Waals surface area contributed by atoms with E-state index in [1.165, 1.54) is 109 Å². The molecule has 0 radical (unpaired) electrons. The molecule has 0 atom stereocenters. The normalized spacial score (nSPS) is 14.7. The van der Waals surface area contributed by atoms with E-state index in [-0.39, 0.29) is 23.1 Å². The van der Waals surface area contributed by atoms with E-state index in [0.717, 1.165) is 22.4 Å². The van der Waals surface area contributed by atoms with Crippen molar-refractivity contribution in [3.63, 3.8) is 0 Å². The van der Waals surface area contributed by atoms with E-state index in [4.69, 9.17) is 9.40 Å². The average Bonchev–Trinajstić information content (AvgIpc) is 4.04. The Labute approximate surface area is 389 Å². The Kier molecular flexibility index (Phi) is 7.39. The van der Waals surface area contributed by atoms with Gasteiger partial charge in [0, 0.05) is 70.6 Å². The van der Waals surface area contributed by atoms with Crippen LogP contribution in [-0.2, 0) is 16.2 Å². The standard InChI is InChI=1S/C60H48BN3OS/c1-58(2,3)34-18-21-36(22-19-34)64-50-28-41-37-23-20-35(59(4,5)6)26-45(37)60(7,8)46(41)27-42(50)39-24-25-40-43-30-54-44(38-16-12-13-17-53(38)66-54)29-49(43)63-51-32-52-48(31-47(51)61(64)55(39)56(40)63)62-57(65-52)33-14-10-9-11-15-33/h9-32H,1-8H3. The highest BCUT2D eigenvalue weighted by Crippen LogP contribution is 2.55. The summed E-state index contributed by atoms with van der Waals surface area (Å²) in [7, 11) is 0. The van der Waals surface area contributed by atoms with Crippen LogP contribution in [0.2, 0.25) is 0 Å². The van der Waals surface area contributed by atoms with E-state index in [2.05, 4.69) is 192 Å². The van der Waals surface area contributed by atoms with Gasteiger partial charge in [0.2, 0.25) is 5.89 Å². The molecule has 0 spiro atoms. The Morgan fingerprint density at radius 1 is 0.576 bits per heavy atom. The maximum absolute atomic E-state index is 6.72. The maximum atomic E-state index is 6.72. The number of benzene rings is 8. The molecule has 0 amide bonds. The van der Waals surface area contributed by atoms with Gasteiger partial charge in [-0.15, -0.1) is 11.3 Å². The molecule has 3 aliphatic rings. The topological polar surface area (TPSA) is 34.2 Å². The van der Waals surface area contributed by atoms with Gasteiger partial charge in [-0.25, -0.2) is 4.98 Å². The van der Waals surface area contributed by atoms with Crippen molar-refractivity contribution >= 4 is 93.6 Å². The predicted octanol–water partition coefficient (Wildman–Crippen LogP) is 15.1. The minimum atomic E-state index is -0.177. The molecule has 0 saturated heterocycles. The highest BCUT2D eigenvalue weighted by atomic mass is 32.1. The molecular weight excluding hydrogens is 822 g/mol. The highest BCUT2D eigenvalue weighted by molar-refractivity contribution is 7.25. The minimum Gasteiger partial charge on any atom is -0.436 e. The lowest BCUT2D eigenvalue weighted by Crippen LogP contribution is -2.60. The molecule has 11 aromatic rings. The molecule has 4 nitrogen and oxygen atoms in total. The Balaban J connectivity index is 1.12. The summed E-state index contributed by atoms with van der Waals surface area (Å²) in [5, 5.41) is 5.15. The van der Waals surface area contributed by atoms with Crippen LogP contribution in [0.3, 0.4) is 0 Å². The number of thiophene rings is 1. The van der Waals surface area contributed by atoms with Crippen LogP contribution in [0, 0.1) is 0 Å². The minimum absolute atomic E-state index is 0.0194. The Morgan fingerprint density at radius 3 is 2.09 bits per heavy atom. The molecule has 6 heteroatoms. The molecule has 0 N–H and O–H groups in total. The number of hydrogen-bond acceptors (Lipinski definition) is 4. The van der Waals surface area contributed by atoms with Crippen molar-refractivity contribution in [1.29, 1.82) is 0 Å². The van der Waals surface area contributed by atoms with Crippen molar-refractivity contribution < 1.29 is 4.42 Å². The second-order valence-corrected chi connectivity index (χ2v) is 22.7. The van der Waals surface area contributed by atoms with E-state index in [0.29, 0.717) is 5.89 Å². The Morgan fingerprint density at radius 2 is 1.30 bits per heavy atom. The summed E-state index contributed by atoms with van der Waals surface area (Å²) >= 11 is 1.89. The third kappa shape index (κ3) is 5.08. The first-order valence-corrected chi connectivity index (χ1v) is 24.2. The van der Waals surface area contributed by atoms with E-state index in [1.54, 1.807) is 0 Å². The van der Waals surface area contributed by atoms with Crippen LogP contribution < -0.4 is 15.7 Å². The summed E-state index contributed by atoms with van der Waals surface area (Å²) in [4.78, 5) is 7.88. The SMILES string of the molecule is CC(C)(C)c1ccc(N2B3c4cc5nc(-c6ccccc6)oc5cc4-n4c5cc6c(cc5c5ccc(c3c54)-c3cc4c(cc32)-c2ccc(C(C)(C)C)cc2C4(C)C)sc2ccccc26)cc1. The number of rotatable bonds is 2. The quantitative estimate of drug-likeness (QED) is 0.162. The fourth-order valence-electron chi connectivity index (χ4n) is 11.8. The fourth-order valence-corrected chi connectivity index (χ4v) is 13.0. The fraction of sp³-hybridized carbons (Fsp3) is 0.183. The zero-order valence-electron chi connectivity index (χ0n) is 38.6. The molecule has 14 rings (SSSR count). The predicted molar refractivity (Wildman–Crippen MR) is 281 cm³/mol. The molecule has 5 heterocycles. The second-order valence-electron chi connectivity index (χ2n) is 21.6. The molecule has 2 aliphatic heterocycles. The van der Waals surface area contributed by atoms with Gasteiger partial charge >= 0.3 is 6.85 Å². The Bertz CT molecular complexity index is 3930. The van der Waals surface area contributed by atoms with Gasteiger partial charge in [0.25, 0.3) is 0 Å². The van der Waals surface area contributed by atoms with Gasteiger partial charge in [-0.2, -0.15) is 0 Å². The van der Waals surface area contributed by atoms with Gasteiger partial charge in [-0.1, -0.05) is 134 Å². The zero-order valence-corrected chi connectivity index (χ0v) is 39.4. The van der Waals surface area contributed by atoms with Crippen molar-refractivity contribution in [2.24, 2.45) is 0 Å². The summed E-state index contributed by atoms with van der Waals surface area (Å²) in [6, 6.07) is 55.3. The number of nitrogens with zero attached hydrogens (tertiary/aromatic N) is 3. The maximum Gasteiger partial charge on any atom is 0.333 e. The van der Waals surface area contributed by atoms with Crippen LogP contribution in [-0.4, -0.2) is 16.4 Å². The lowest BCUT2D eigenvalue weighted by Gasteiger charge is -2.42.